The van der Waals surface area contributed by atoms with Gasteiger partial charge in [0.25, 0.3) is 0 Å². The van der Waals surface area contributed by atoms with Gasteiger partial charge in [-0.25, -0.2) is 14.4 Å². The first-order valence-electron chi connectivity index (χ1n) is 9.77. The number of benzene rings is 2. The highest BCUT2D eigenvalue weighted by atomic mass is 32.2. The second-order valence-corrected chi connectivity index (χ2v) is 8.69. The summed E-state index contributed by atoms with van der Waals surface area (Å²) < 4.78 is 5.34. The van der Waals surface area contributed by atoms with Gasteiger partial charge < -0.3 is 20.3 Å². The summed E-state index contributed by atoms with van der Waals surface area (Å²) in [6.07, 6.45) is -0.622. The van der Waals surface area contributed by atoms with E-state index in [0.717, 1.165) is 30.0 Å². The molecule has 1 aliphatic heterocycles. The van der Waals surface area contributed by atoms with Crippen molar-refractivity contribution >= 4 is 46.5 Å². The number of nitrogens with one attached hydrogen (secondary N) is 1. The third kappa shape index (κ3) is 6.10. The van der Waals surface area contributed by atoms with Crippen LogP contribution in [0.4, 0.5) is 10.5 Å². The van der Waals surface area contributed by atoms with Gasteiger partial charge >= 0.3 is 18.0 Å². The lowest BCUT2D eigenvalue weighted by Gasteiger charge is -2.23. The van der Waals surface area contributed by atoms with Crippen molar-refractivity contribution in [3.63, 3.8) is 0 Å². The van der Waals surface area contributed by atoms with Crippen LogP contribution in [0.2, 0.25) is 0 Å². The van der Waals surface area contributed by atoms with Crippen molar-refractivity contribution in [2.45, 2.75) is 24.6 Å². The van der Waals surface area contributed by atoms with Gasteiger partial charge in [-0.3, -0.25) is 14.5 Å². The summed E-state index contributed by atoms with van der Waals surface area (Å²) in [5.74, 6) is -3.10. The van der Waals surface area contributed by atoms with E-state index in [9.17, 15) is 34.2 Å². The topological polar surface area (TPSA) is 150 Å². The Kier molecular flexibility index (Phi) is 7.34. The summed E-state index contributed by atoms with van der Waals surface area (Å²) >= 11 is 1.01. The molecule has 0 aliphatic carbocycles. The Labute approximate surface area is 192 Å². The molecular formula is C22H20N2O8S. The van der Waals surface area contributed by atoms with Gasteiger partial charge in [-0.05, 0) is 36.8 Å². The first-order chi connectivity index (χ1) is 15.6. The van der Waals surface area contributed by atoms with E-state index in [1.165, 1.54) is 11.8 Å². The number of anilines is 1. The fourth-order valence-electron chi connectivity index (χ4n) is 3.39. The highest BCUT2D eigenvalue weighted by Gasteiger charge is 2.41. The summed E-state index contributed by atoms with van der Waals surface area (Å²) in [5, 5.41) is 20.4. The zero-order valence-electron chi connectivity index (χ0n) is 17.4. The molecule has 10 nitrogen and oxygen atoms in total. The number of rotatable bonds is 6. The number of amides is 2. The van der Waals surface area contributed by atoms with Crippen LogP contribution in [0.3, 0.4) is 0 Å². The summed E-state index contributed by atoms with van der Waals surface area (Å²) in [5.41, 5.74) is -0.680. The number of carbonyl (C=O) groups excluding carboxylic acids is 3. The Morgan fingerprint density at radius 1 is 1.00 bits per heavy atom. The zero-order chi connectivity index (χ0) is 24.1. The summed E-state index contributed by atoms with van der Waals surface area (Å²) in [7, 11) is 0. The molecule has 0 bridgehead atoms. The van der Waals surface area contributed by atoms with Crippen molar-refractivity contribution in [2.24, 2.45) is 0 Å². The van der Waals surface area contributed by atoms with Crippen LogP contribution in [0.15, 0.2) is 48.5 Å². The second kappa shape index (κ2) is 10.2. The van der Waals surface area contributed by atoms with Gasteiger partial charge in [-0.2, -0.15) is 0 Å². The van der Waals surface area contributed by atoms with Gasteiger partial charge in [0.05, 0.1) is 11.1 Å². The van der Waals surface area contributed by atoms with Crippen LogP contribution in [0.25, 0.3) is 0 Å². The van der Waals surface area contributed by atoms with Crippen molar-refractivity contribution < 1.29 is 38.9 Å². The molecule has 1 saturated heterocycles. The number of likely N-dealkylation sites (tertiary alicyclic amines) is 1. The van der Waals surface area contributed by atoms with Crippen LogP contribution < -0.4 is 10.1 Å². The maximum Gasteiger partial charge on any atom is 0.415 e. The molecule has 0 unspecified atom stereocenters. The van der Waals surface area contributed by atoms with Crippen molar-refractivity contribution in [3.05, 3.63) is 59.7 Å². The number of nitrogens with zero attached hydrogens (tertiary/aromatic N) is 1. The Morgan fingerprint density at radius 2 is 1.61 bits per heavy atom. The van der Waals surface area contributed by atoms with Crippen molar-refractivity contribution in [1.82, 2.24) is 4.90 Å². The Balaban J connectivity index is 1.83. The molecule has 1 fully saturated rings. The maximum absolute atomic E-state index is 13.0. The minimum absolute atomic E-state index is 0.0450. The molecule has 0 radical (unpaired) electrons. The fourth-order valence-corrected chi connectivity index (χ4v) is 4.37. The monoisotopic (exact) mass is 472 g/mol. The summed E-state index contributed by atoms with van der Waals surface area (Å²) in [6.45, 7) is 1.47. The molecule has 1 heterocycles. The smallest absolute Gasteiger partial charge is 0.415 e. The van der Waals surface area contributed by atoms with Gasteiger partial charge in [-0.15, -0.1) is 0 Å². The van der Waals surface area contributed by atoms with Crippen LogP contribution >= 0.6 is 11.8 Å². The molecule has 2 amide bonds. The molecule has 172 valence electrons. The quantitative estimate of drug-likeness (QED) is 0.576. The molecule has 2 aromatic rings. The van der Waals surface area contributed by atoms with E-state index in [4.69, 9.17) is 4.74 Å². The van der Waals surface area contributed by atoms with E-state index in [1.54, 1.807) is 30.3 Å². The molecule has 2 aromatic carbocycles. The van der Waals surface area contributed by atoms with E-state index in [2.05, 4.69) is 5.32 Å². The number of aromatic carboxylic acids is 2. The third-order valence-corrected chi connectivity index (χ3v) is 5.78. The van der Waals surface area contributed by atoms with E-state index >= 15 is 0 Å². The number of para-hydroxylation sites is 1. The van der Waals surface area contributed by atoms with Crippen LogP contribution in [0.1, 0.15) is 34.1 Å². The molecule has 11 heteroatoms. The van der Waals surface area contributed by atoms with Gasteiger partial charge in [0.15, 0.2) is 5.12 Å². The highest BCUT2D eigenvalue weighted by Crippen LogP contribution is 2.30. The normalized spacial score (nSPS) is 17.3. The number of carboxylic acid groups (broad SMARTS) is 2. The first kappa shape index (κ1) is 23.8. The number of thioether (sulfide) groups is 1. The van der Waals surface area contributed by atoms with Crippen molar-refractivity contribution in [2.75, 3.05) is 11.9 Å². The lowest BCUT2D eigenvalue weighted by Crippen LogP contribution is -2.44. The third-order valence-electron chi connectivity index (χ3n) is 4.78. The highest BCUT2D eigenvalue weighted by molar-refractivity contribution is 8.14. The SMILES string of the molecule is CC(=O)S[C@H]1C[C@@H](C(=O)Nc2cc(C(=O)O)cc(C(=O)O)c2)N(C(=O)Oc2ccccc2)C1. The van der Waals surface area contributed by atoms with E-state index in [1.807, 2.05) is 0 Å². The molecule has 3 rings (SSSR count). The van der Waals surface area contributed by atoms with E-state index in [-0.39, 0.29) is 45.9 Å². The zero-order valence-corrected chi connectivity index (χ0v) is 18.2. The second-order valence-electron chi connectivity index (χ2n) is 7.21. The molecule has 1 aliphatic rings. The van der Waals surface area contributed by atoms with E-state index in [0.29, 0.717) is 0 Å². The van der Waals surface area contributed by atoms with Crippen molar-refractivity contribution in [1.29, 1.82) is 0 Å². The number of carbonyl (C=O) groups is 5. The predicted molar refractivity (Wildman–Crippen MR) is 119 cm³/mol. The molecule has 0 saturated carbocycles. The average Bonchev–Trinajstić information content (AvgIpc) is 3.17. The Morgan fingerprint density at radius 3 is 2.15 bits per heavy atom. The molecular weight excluding hydrogens is 452 g/mol. The molecule has 2 atom stereocenters. The number of hydrogen-bond acceptors (Lipinski definition) is 7. The molecule has 33 heavy (non-hydrogen) atoms. The van der Waals surface area contributed by atoms with Gasteiger partial charge in [0.2, 0.25) is 5.91 Å². The number of hydrogen-bond donors (Lipinski definition) is 3. The lowest BCUT2D eigenvalue weighted by molar-refractivity contribution is -0.119. The Hall–Kier alpha value is -3.86. The largest absolute Gasteiger partial charge is 0.478 e. The van der Waals surface area contributed by atoms with Crippen LogP contribution in [-0.2, 0) is 9.59 Å². The first-order valence-corrected chi connectivity index (χ1v) is 10.6. The van der Waals surface area contributed by atoms with Gasteiger partial charge in [0, 0.05) is 24.4 Å². The fraction of sp³-hybridized carbons (Fsp3) is 0.227. The van der Waals surface area contributed by atoms with Gasteiger partial charge in [0.1, 0.15) is 11.8 Å². The lowest BCUT2D eigenvalue weighted by atomic mass is 10.1. The molecule has 0 spiro atoms. The minimum Gasteiger partial charge on any atom is -0.478 e. The van der Waals surface area contributed by atoms with Crippen LogP contribution in [0, 0.1) is 0 Å². The minimum atomic E-state index is -1.36. The standard InChI is InChI=1S/C22H20N2O8S/c1-12(25)33-17-10-18(24(11-17)22(31)32-16-5-3-2-4-6-16)19(26)23-15-8-13(20(27)28)7-14(9-15)21(29)30/h2-9,17-18H,10-11H2,1H3,(H,23,26)(H,27,28)(H,29,30)/t17-,18-/m0/s1. The van der Waals surface area contributed by atoms with Gasteiger partial charge in [-0.1, -0.05) is 30.0 Å². The summed E-state index contributed by atoms with van der Waals surface area (Å²) in [4.78, 5) is 61.2. The predicted octanol–water partition coefficient (Wildman–Crippen LogP) is 2.94. The number of carboxylic acids is 2. The average molecular weight is 472 g/mol. The van der Waals surface area contributed by atoms with Crippen LogP contribution in [0.5, 0.6) is 5.75 Å². The molecule has 0 aromatic heterocycles. The van der Waals surface area contributed by atoms with Crippen molar-refractivity contribution in [3.8, 4) is 5.75 Å². The molecule has 3 N–H and O–H groups in total. The maximum atomic E-state index is 13.0. The Bertz CT molecular complexity index is 1070. The van der Waals surface area contributed by atoms with E-state index < -0.39 is 30.0 Å². The summed E-state index contributed by atoms with van der Waals surface area (Å²) in [6, 6.07) is 10.5. The van der Waals surface area contributed by atoms with Crippen LogP contribution in [-0.4, -0.2) is 62.0 Å². The number of ether oxygens (including phenoxy) is 1.